The Morgan fingerprint density at radius 1 is 1.40 bits per heavy atom. The molecule has 0 spiro atoms. The standard InChI is InChI=1S/C9H9Cl3O3/c1-8(2)3-4(7(14)15)5(10)6(13)9(8,11)12/h3H2,1-2H3,(H,14,15). The summed E-state index contributed by atoms with van der Waals surface area (Å²) in [5.74, 6) is -1.97. The monoisotopic (exact) mass is 270 g/mol. The van der Waals surface area contributed by atoms with Crippen molar-refractivity contribution in [2.24, 2.45) is 5.41 Å². The number of hydrogen-bond acceptors (Lipinski definition) is 2. The van der Waals surface area contributed by atoms with Gasteiger partial charge in [-0.1, -0.05) is 48.7 Å². The van der Waals surface area contributed by atoms with E-state index in [0.29, 0.717) is 0 Å². The molecule has 0 radical (unpaired) electrons. The fraction of sp³-hybridized carbons (Fsp3) is 0.556. The summed E-state index contributed by atoms with van der Waals surface area (Å²) in [6, 6.07) is 0. The highest BCUT2D eigenvalue weighted by Gasteiger charge is 2.54. The summed E-state index contributed by atoms with van der Waals surface area (Å²) in [7, 11) is 0. The summed E-state index contributed by atoms with van der Waals surface area (Å²) in [6.07, 6.45) is 0.0555. The molecule has 0 saturated carbocycles. The quantitative estimate of drug-likeness (QED) is 0.746. The van der Waals surface area contributed by atoms with Crippen LogP contribution in [0.1, 0.15) is 20.3 Å². The zero-order valence-corrected chi connectivity index (χ0v) is 10.4. The number of aliphatic carboxylic acids is 1. The summed E-state index contributed by atoms with van der Waals surface area (Å²) in [4.78, 5) is 22.5. The third-order valence-electron chi connectivity index (χ3n) is 2.48. The Hall–Kier alpha value is -0.250. The molecule has 0 amide bonds. The van der Waals surface area contributed by atoms with Gasteiger partial charge in [0.15, 0.2) is 4.33 Å². The minimum atomic E-state index is -1.68. The molecule has 0 heterocycles. The van der Waals surface area contributed by atoms with Crippen LogP contribution in [-0.2, 0) is 9.59 Å². The average Bonchev–Trinajstić information content (AvgIpc) is 2.09. The number of allylic oxidation sites excluding steroid dienone is 1. The van der Waals surface area contributed by atoms with Crippen molar-refractivity contribution in [2.45, 2.75) is 24.6 Å². The van der Waals surface area contributed by atoms with Gasteiger partial charge < -0.3 is 5.11 Å². The lowest BCUT2D eigenvalue weighted by molar-refractivity contribution is -0.134. The van der Waals surface area contributed by atoms with Gasteiger partial charge >= 0.3 is 5.97 Å². The third kappa shape index (κ3) is 1.88. The first-order valence-electron chi connectivity index (χ1n) is 4.16. The number of carbonyl (C=O) groups is 2. The van der Waals surface area contributed by atoms with Crippen LogP contribution >= 0.6 is 34.8 Å². The maximum absolute atomic E-state index is 11.7. The van der Waals surface area contributed by atoms with E-state index in [1.807, 2.05) is 0 Å². The van der Waals surface area contributed by atoms with Gasteiger partial charge in [-0.2, -0.15) is 0 Å². The maximum atomic E-state index is 11.7. The second kappa shape index (κ2) is 3.65. The van der Waals surface area contributed by atoms with Gasteiger partial charge in [-0.25, -0.2) is 4.79 Å². The molecule has 0 fully saturated rings. The molecular formula is C9H9Cl3O3. The number of ketones is 1. The van der Waals surface area contributed by atoms with Crippen molar-refractivity contribution in [3.8, 4) is 0 Å². The summed E-state index contributed by atoms with van der Waals surface area (Å²) in [5, 5.41) is 8.47. The molecular weight excluding hydrogens is 262 g/mol. The smallest absolute Gasteiger partial charge is 0.333 e. The Labute approximate surface area is 102 Å². The van der Waals surface area contributed by atoms with E-state index >= 15 is 0 Å². The molecule has 3 nitrogen and oxygen atoms in total. The van der Waals surface area contributed by atoms with E-state index in [9.17, 15) is 9.59 Å². The van der Waals surface area contributed by atoms with Gasteiger partial charge in [0.2, 0.25) is 5.78 Å². The molecule has 1 rings (SSSR count). The van der Waals surface area contributed by atoms with E-state index in [4.69, 9.17) is 39.9 Å². The summed E-state index contributed by atoms with van der Waals surface area (Å²) in [5.41, 5.74) is -0.997. The van der Waals surface area contributed by atoms with E-state index < -0.39 is 21.5 Å². The second-order valence-electron chi connectivity index (χ2n) is 4.06. The van der Waals surface area contributed by atoms with Crippen LogP contribution < -0.4 is 0 Å². The van der Waals surface area contributed by atoms with Crippen molar-refractivity contribution >= 4 is 46.6 Å². The van der Waals surface area contributed by atoms with E-state index in [0.717, 1.165) is 0 Å². The van der Waals surface area contributed by atoms with Crippen LogP contribution in [-0.4, -0.2) is 21.2 Å². The molecule has 1 aliphatic rings. The van der Waals surface area contributed by atoms with Crippen molar-refractivity contribution in [2.75, 3.05) is 0 Å². The van der Waals surface area contributed by atoms with E-state index in [1.165, 1.54) is 0 Å². The molecule has 0 aromatic rings. The van der Waals surface area contributed by atoms with Crippen LogP contribution in [0.25, 0.3) is 0 Å². The molecule has 0 aromatic heterocycles. The zero-order valence-electron chi connectivity index (χ0n) is 8.10. The fourth-order valence-corrected chi connectivity index (χ4v) is 2.09. The fourth-order valence-electron chi connectivity index (χ4n) is 1.38. The van der Waals surface area contributed by atoms with Crippen molar-refractivity contribution < 1.29 is 14.7 Å². The number of alkyl halides is 2. The number of carboxylic acids is 1. The Morgan fingerprint density at radius 2 is 1.87 bits per heavy atom. The number of Topliss-reactive ketones (excluding diaryl/α,β-unsaturated/α-hetero) is 1. The Morgan fingerprint density at radius 3 is 2.27 bits per heavy atom. The normalized spacial score (nSPS) is 24.2. The first kappa shape index (κ1) is 12.8. The number of halogens is 3. The van der Waals surface area contributed by atoms with Gasteiger partial charge in [-0.3, -0.25) is 4.79 Å². The van der Waals surface area contributed by atoms with Crippen molar-refractivity contribution in [3.63, 3.8) is 0 Å². The van der Waals surface area contributed by atoms with Crippen LogP contribution in [0.2, 0.25) is 0 Å². The molecule has 0 bridgehead atoms. The summed E-state index contributed by atoms with van der Waals surface area (Å²) in [6.45, 7) is 3.24. The van der Waals surface area contributed by atoms with Crippen molar-refractivity contribution in [1.82, 2.24) is 0 Å². The molecule has 0 saturated heterocycles. The highest BCUT2D eigenvalue weighted by atomic mass is 35.5. The highest BCUT2D eigenvalue weighted by molar-refractivity contribution is 6.65. The van der Waals surface area contributed by atoms with Crippen LogP contribution in [0.4, 0.5) is 0 Å². The Bertz CT molecular complexity index is 369. The van der Waals surface area contributed by atoms with Crippen LogP contribution in [0, 0.1) is 5.41 Å². The van der Waals surface area contributed by atoms with E-state index in [1.54, 1.807) is 13.8 Å². The van der Waals surface area contributed by atoms with Gasteiger partial charge in [0.25, 0.3) is 0 Å². The molecule has 0 aromatic carbocycles. The average molecular weight is 272 g/mol. The first-order chi connectivity index (χ1) is 6.61. The van der Waals surface area contributed by atoms with Crippen LogP contribution in [0.5, 0.6) is 0 Å². The SMILES string of the molecule is CC1(C)CC(C(=O)O)=C(Cl)C(=O)C1(Cl)Cl. The van der Waals surface area contributed by atoms with E-state index in [-0.39, 0.29) is 17.0 Å². The minimum Gasteiger partial charge on any atom is -0.478 e. The van der Waals surface area contributed by atoms with Crippen LogP contribution in [0.15, 0.2) is 10.6 Å². The lowest BCUT2D eigenvalue weighted by Crippen LogP contribution is -2.46. The number of hydrogen-bond donors (Lipinski definition) is 1. The third-order valence-corrected chi connectivity index (χ3v) is 4.24. The van der Waals surface area contributed by atoms with Crippen molar-refractivity contribution in [3.05, 3.63) is 10.6 Å². The topological polar surface area (TPSA) is 54.4 Å². The molecule has 0 unspecified atom stereocenters. The van der Waals surface area contributed by atoms with E-state index in [2.05, 4.69) is 0 Å². The van der Waals surface area contributed by atoms with Gasteiger partial charge in [0.05, 0.1) is 10.6 Å². The molecule has 0 aliphatic heterocycles. The Kier molecular flexibility index (Phi) is 3.12. The molecule has 6 heteroatoms. The number of carbonyl (C=O) groups excluding carboxylic acids is 1. The minimum absolute atomic E-state index is 0.0555. The zero-order chi connectivity index (χ0) is 12.0. The first-order valence-corrected chi connectivity index (χ1v) is 5.29. The Balaban J connectivity index is 3.35. The lowest BCUT2D eigenvalue weighted by atomic mass is 9.75. The largest absolute Gasteiger partial charge is 0.478 e. The van der Waals surface area contributed by atoms with Gasteiger partial charge in [-0.05, 0) is 6.42 Å². The summed E-state index contributed by atoms with van der Waals surface area (Å²) >= 11 is 17.4. The lowest BCUT2D eigenvalue weighted by Gasteiger charge is -2.39. The highest BCUT2D eigenvalue weighted by Crippen LogP contribution is 2.51. The molecule has 0 atom stereocenters. The predicted molar refractivity (Wildman–Crippen MR) is 58.4 cm³/mol. The molecule has 1 N–H and O–H groups in total. The number of rotatable bonds is 1. The van der Waals surface area contributed by atoms with Gasteiger partial charge in [-0.15, -0.1) is 0 Å². The predicted octanol–water partition coefficient (Wildman–Crippen LogP) is 2.74. The summed E-state index contributed by atoms with van der Waals surface area (Å²) < 4.78 is -1.68. The van der Waals surface area contributed by atoms with Gasteiger partial charge in [0.1, 0.15) is 0 Å². The second-order valence-corrected chi connectivity index (χ2v) is 5.77. The van der Waals surface area contributed by atoms with Gasteiger partial charge in [0, 0.05) is 5.41 Å². The molecule has 1 aliphatic carbocycles. The molecule has 84 valence electrons. The van der Waals surface area contributed by atoms with Crippen LogP contribution in [0.3, 0.4) is 0 Å². The molecule has 15 heavy (non-hydrogen) atoms. The maximum Gasteiger partial charge on any atom is 0.333 e. The number of carboxylic acid groups (broad SMARTS) is 1. The van der Waals surface area contributed by atoms with Crippen molar-refractivity contribution in [1.29, 1.82) is 0 Å².